The summed E-state index contributed by atoms with van der Waals surface area (Å²) in [5.74, 6) is 5.39. The number of nitrogens with zero attached hydrogens (tertiary/aromatic N) is 1. The molecule has 0 rings (SSSR count). The van der Waals surface area contributed by atoms with Crippen LogP contribution in [0.2, 0.25) is 0 Å². The van der Waals surface area contributed by atoms with Gasteiger partial charge in [0.2, 0.25) is 0 Å². The van der Waals surface area contributed by atoms with Gasteiger partial charge < -0.3 is 0 Å². The lowest BCUT2D eigenvalue weighted by atomic mass is 10.5. The molecule has 0 aliphatic heterocycles. The van der Waals surface area contributed by atoms with Crippen LogP contribution in [0.4, 0.5) is 0 Å². The summed E-state index contributed by atoms with van der Waals surface area (Å²) < 4.78 is 0. The SMILES string of the molecule is C=CC[N+](N)CC=C. The lowest BCUT2D eigenvalue weighted by molar-refractivity contribution is 0.509. The second kappa shape index (κ2) is 4.56. The third kappa shape index (κ3) is 3.59. The third-order valence-corrected chi connectivity index (χ3v) is 0.727. The van der Waals surface area contributed by atoms with Crippen LogP contribution in [0.1, 0.15) is 0 Å². The Morgan fingerprint density at radius 1 is 1.25 bits per heavy atom. The number of hydrogen-bond donors (Lipinski definition) is 1. The molecule has 0 amide bonds. The number of hydrazine groups is 1. The van der Waals surface area contributed by atoms with Crippen molar-refractivity contribution >= 4 is 0 Å². The van der Waals surface area contributed by atoms with Gasteiger partial charge in [-0.1, -0.05) is 18.2 Å². The van der Waals surface area contributed by atoms with Gasteiger partial charge in [0.1, 0.15) is 0 Å². The van der Waals surface area contributed by atoms with E-state index in [1.807, 2.05) is 0 Å². The Morgan fingerprint density at radius 2 is 1.62 bits per heavy atom. The molecule has 1 radical (unpaired) electrons. The van der Waals surface area contributed by atoms with Crippen LogP contribution in [0.5, 0.6) is 0 Å². The number of rotatable bonds is 4. The van der Waals surface area contributed by atoms with E-state index in [1.165, 1.54) is 0 Å². The maximum Gasteiger partial charge on any atom is 0.162 e. The van der Waals surface area contributed by atoms with Crippen molar-refractivity contribution < 1.29 is 0 Å². The molecule has 2 heteroatoms. The summed E-state index contributed by atoms with van der Waals surface area (Å²) in [4.78, 5) is 0. The van der Waals surface area contributed by atoms with Gasteiger partial charge in [0, 0.05) is 0 Å². The monoisotopic (exact) mass is 112 g/mol. The number of hydrogen-bond acceptors (Lipinski definition) is 2. The van der Waals surface area contributed by atoms with E-state index in [4.69, 9.17) is 5.84 Å². The zero-order valence-electron chi connectivity index (χ0n) is 5.01. The van der Waals surface area contributed by atoms with Gasteiger partial charge in [0.05, 0.1) is 0 Å². The first kappa shape index (κ1) is 7.40. The van der Waals surface area contributed by atoms with Gasteiger partial charge in [-0.15, -0.1) is 5.84 Å². The van der Waals surface area contributed by atoms with Crippen molar-refractivity contribution in [3.05, 3.63) is 25.3 Å². The second-order valence-corrected chi connectivity index (χ2v) is 1.53. The van der Waals surface area contributed by atoms with Crippen molar-refractivity contribution in [1.82, 2.24) is 5.01 Å². The summed E-state index contributed by atoms with van der Waals surface area (Å²) in [6.45, 7) is 8.48. The molecule has 0 saturated carbocycles. The van der Waals surface area contributed by atoms with E-state index in [2.05, 4.69) is 13.2 Å². The molecule has 0 unspecified atom stereocenters. The van der Waals surface area contributed by atoms with Crippen molar-refractivity contribution in [2.45, 2.75) is 0 Å². The predicted octanol–water partition coefficient (Wildman–Crippen LogP) is 0.372. The van der Waals surface area contributed by atoms with E-state index in [0.29, 0.717) is 13.1 Å². The summed E-state index contributed by atoms with van der Waals surface area (Å²) in [6, 6.07) is 0. The Labute approximate surface area is 50.3 Å². The fourth-order valence-electron chi connectivity index (χ4n) is 0.406. The Kier molecular flexibility index (Phi) is 4.21. The molecule has 0 atom stereocenters. The highest BCUT2D eigenvalue weighted by atomic mass is 15.4. The van der Waals surface area contributed by atoms with Gasteiger partial charge in [-0.05, 0) is 12.2 Å². The summed E-state index contributed by atoms with van der Waals surface area (Å²) in [7, 11) is 0. The summed E-state index contributed by atoms with van der Waals surface area (Å²) in [5.41, 5.74) is 0. The molecule has 0 heterocycles. The molecule has 2 nitrogen and oxygen atoms in total. The van der Waals surface area contributed by atoms with Gasteiger partial charge >= 0.3 is 0 Å². The zero-order chi connectivity index (χ0) is 6.41. The second-order valence-electron chi connectivity index (χ2n) is 1.53. The van der Waals surface area contributed by atoms with E-state index in [1.54, 1.807) is 17.2 Å². The summed E-state index contributed by atoms with van der Waals surface area (Å²) >= 11 is 0. The minimum Gasteiger partial charge on any atom is -0.130 e. The Balaban J connectivity index is 3.16. The van der Waals surface area contributed by atoms with Crippen LogP contribution >= 0.6 is 0 Å². The van der Waals surface area contributed by atoms with Crippen molar-refractivity contribution in [3.63, 3.8) is 0 Å². The molecule has 0 spiro atoms. The minimum atomic E-state index is 0.714. The van der Waals surface area contributed by atoms with Crippen molar-refractivity contribution in [2.24, 2.45) is 5.84 Å². The Morgan fingerprint density at radius 3 is 1.88 bits per heavy atom. The fourth-order valence-corrected chi connectivity index (χ4v) is 0.406. The molecule has 0 saturated heterocycles. The van der Waals surface area contributed by atoms with E-state index in [-0.39, 0.29) is 0 Å². The molecule has 0 bridgehead atoms. The number of nitrogens with two attached hydrogens (primary N) is 1. The van der Waals surface area contributed by atoms with Gasteiger partial charge in [0.25, 0.3) is 0 Å². The minimum absolute atomic E-state index is 0.714. The molecule has 0 aromatic heterocycles. The highest BCUT2D eigenvalue weighted by Gasteiger charge is 1.99. The smallest absolute Gasteiger partial charge is 0.130 e. The van der Waals surface area contributed by atoms with Crippen LogP contribution in [0.25, 0.3) is 0 Å². The van der Waals surface area contributed by atoms with Crippen LogP contribution in [0.3, 0.4) is 0 Å². The molecule has 0 aliphatic carbocycles. The van der Waals surface area contributed by atoms with E-state index < -0.39 is 0 Å². The van der Waals surface area contributed by atoms with E-state index in [9.17, 15) is 0 Å². The molecule has 0 fully saturated rings. The fraction of sp³-hybridized carbons (Fsp3) is 0.333. The average Bonchev–Trinajstić information content (AvgIpc) is 1.68. The zero-order valence-corrected chi connectivity index (χ0v) is 5.01. The van der Waals surface area contributed by atoms with Gasteiger partial charge in [-0.2, -0.15) is 0 Å². The summed E-state index contributed by atoms with van der Waals surface area (Å²) in [5, 5.41) is 1.62. The van der Waals surface area contributed by atoms with Crippen molar-refractivity contribution in [2.75, 3.05) is 13.1 Å². The maximum absolute atomic E-state index is 5.39. The lowest BCUT2D eigenvalue weighted by Gasteiger charge is -1.95. The third-order valence-electron chi connectivity index (χ3n) is 0.727. The molecule has 8 heavy (non-hydrogen) atoms. The van der Waals surface area contributed by atoms with Gasteiger partial charge in [0.15, 0.2) is 13.1 Å². The average molecular weight is 112 g/mol. The van der Waals surface area contributed by atoms with Crippen LogP contribution in [-0.4, -0.2) is 13.1 Å². The summed E-state index contributed by atoms with van der Waals surface area (Å²) in [6.07, 6.45) is 3.51. The standard InChI is InChI=1S/C6H12N2/c1-3-5-8(7)6-4-2/h3-4H,1-2,5-7H2/q+1. The topological polar surface area (TPSA) is 31.9 Å². The highest BCUT2D eigenvalue weighted by molar-refractivity contribution is 4.79. The highest BCUT2D eigenvalue weighted by Crippen LogP contribution is 1.71. The molecular weight excluding hydrogens is 100 g/mol. The molecule has 45 valence electrons. The molecule has 2 N–H and O–H groups in total. The van der Waals surface area contributed by atoms with Crippen LogP contribution < -0.4 is 10.9 Å². The molecule has 0 aromatic carbocycles. The first-order chi connectivity index (χ1) is 3.81. The van der Waals surface area contributed by atoms with Crippen molar-refractivity contribution in [3.8, 4) is 0 Å². The normalized spacial score (nSPS) is 9.25. The largest absolute Gasteiger partial charge is 0.162 e. The van der Waals surface area contributed by atoms with Crippen molar-refractivity contribution in [1.29, 1.82) is 0 Å². The predicted molar refractivity (Wildman–Crippen MR) is 36.4 cm³/mol. The van der Waals surface area contributed by atoms with Gasteiger partial charge in [-0.3, -0.25) is 0 Å². The van der Waals surface area contributed by atoms with Crippen LogP contribution in [0.15, 0.2) is 25.3 Å². The molecule has 0 aliphatic rings. The lowest BCUT2D eigenvalue weighted by Crippen LogP contribution is -2.37. The quantitative estimate of drug-likeness (QED) is 0.242. The first-order valence-corrected chi connectivity index (χ1v) is 2.52. The Bertz CT molecular complexity index is 68.6. The van der Waals surface area contributed by atoms with E-state index >= 15 is 0 Å². The molecule has 0 aromatic rings. The molecular formula is C6H12N2+. The van der Waals surface area contributed by atoms with Crippen LogP contribution in [0, 0.1) is 0 Å². The first-order valence-electron chi connectivity index (χ1n) is 2.52. The van der Waals surface area contributed by atoms with Gasteiger partial charge in [-0.25, -0.2) is 0 Å². The van der Waals surface area contributed by atoms with E-state index in [0.717, 1.165) is 0 Å². The Hall–Kier alpha value is -0.600. The maximum atomic E-state index is 5.39. The van der Waals surface area contributed by atoms with Crippen LogP contribution in [-0.2, 0) is 0 Å².